The molecular weight excluding hydrogens is 482 g/mol. The number of nitrogens with one attached hydrogen (secondary N) is 2. The Morgan fingerprint density at radius 3 is 1.49 bits per heavy atom. The number of nitrogens with zero attached hydrogens (tertiary/aromatic N) is 1. The van der Waals surface area contributed by atoms with Gasteiger partial charge in [-0.2, -0.15) is 0 Å². The van der Waals surface area contributed by atoms with Crippen LogP contribution in [0.4, 0.5) is 21.0 Å². The van der Waals surface area contributed by atoms with E-state index in [9.17, 15) is 19.2 Å². The van der Waals surface area contributed by atoms with E-state index in [1.807, 2.05) is 0 Å². The van der Waals surface area contributed by atoms with E-state index >= 15 is 0 Å². The maximum absolute atomic E-state index is 12.1. The topological polar surface area (TPSA) is 143 Å². The number of hydroxylamine groups is 2. The van der Waals surface area contributed by atoms with Gasteiger partial charge in [-0.3, -0.25) is 20.3 Å². The summed E-state index contributed by atoms with van der Waals surface area (Å²) >= 11 is 0. The van der Waals surface area contributed by atoms with Gasteiger partial charge in [-0.1, -0.05) is 24.3 Å². The standard InChI is InChI=1S/C14H20N2O4.C12H15NO4/c1-14(2,3)20-13(18)15-11-9-7-6-8-10(11)12(17)16(4)19-5;1-12(2,3)17-11(16)13-9-7-5-4-6-8(9)10(14)15/h6-9H,1-5H3,(H,15,18);4-7H,1-3H3,(H,13,16)(H,14,15). The van der Waals surface area contributed by atoms with Crippen LogP contribution in [0.3, 0.4) is 0 Å². The highest BCUT2D eigenvalue weighted by Crippen LogP contribution is 2.19. The number of hydrogen-bond acceptors (Lipinski definition) is 7. The normalized spacial score (nSPS) is 10.8. The molecule has 0 fully saturated rings. The van der Waals surface area contributed by atoms with E-state index in [-0.39, 0.29) is 17.2 Å². The van der Waals surface area contributed by atoms with Gasteiger partial charge in [-0.05, 0) is 65.8 Å². The monoisotopic (exact) mass is 517 g/mol. The number of rotatable bonds is 5. The molecule has 3 N–H and O–H groups in total. The van der Waals surface area contributed by atoms with Crippen molar-refractivity contribution in [2.45, 2.75) is 52.7 Å². The molecule has 0 aromatic heterocycles. The minimum Gasteiger partial charge on any atom is -0.478 e. The molecule has 0 bridgehead atoms. The summed E-state index contributed by atoms with van der Waals surface area (Å²) in [5.74, 6) is -1.46. The molecule has 3 amide bonds. The Morgan fingerprint density at radius 1 is 0.730 bits per heavy atom. The van der Waals surface area contributed by atoms with Crippen molar-refractivity contribution in [3.05, 3.63) is 59.7 Å². The van der Waals surface area contributed by atoms with Crippen LogP contribution in [0, 0.1) is 0 Å². The summed E-state index contributed by atoms with van der Waals surface area (Å²) in [7, 11) is 2.88. The van der Waals surface area contributed by atoms with Gasteiger partial charge in [0, 0.05) is 7.05 Å². The Labute approximate surface area is 216 Å². The molecule has 2 aromatic rings. The van der Waals surface area contributed by atoms with Gasteiger partial charge in [0.25, 0.3) is 5.91 Å². The zero-order chi connectivity index (χ0) is 28.4. The van der Waals surface area contributed by atoms with E-state index in [0.717, 1.165) is 5.06 Å². The van der Waals surface area contributed by atoms with Crippen LogP contribution in [0.25, 0.3) is 0 Å². The Balaban J connectivity index is 0.000000375. The zero-order valence-electron chi connectivity index (χ0n) is 22.4. The van der Waals surface area contributed by atoms with Gasteiger partial charge >= 0.3 is 18.2 Å². The molecule has 202 valence electrons. The van der Waals surface area contributed by atoms with E-state index in [4.69, 9.17) is 19.4 Å². The zero-order valence-corrected chi connectivity index (χ0v) is 22.4. The highest BCUT2D eigenvalue weighted by Gasteiger charge is 2.21. The first kappa shape index (κ1) is 30.9. The van der Waals surface area contributed by atoms with E-state index in [1.54, 1.807) is 77.9 Å². The van der Waals surface area contributed by atoms with Crippen LogP contribution in [-0.2, 0) is 14.3 Å². The third-order valence-electron chi connectivity index (χ3n) is 4.15. The van der Waals surface area contributed by atoms with Crippen LogP contribution in [0.1, 0.15) is 62.3 Å². The smallest absolute Gasteiger partial charge is 0.412 e. The predicted molar refractivity (Wildman–Crippen MR) is 139 cm³/mol. The lowest BCUT2D eigenvalue weighted by Crippen LogP contribution is -2.29. The SMILES string of the molecule is CC(C)(C)OC(=O)Nc1ccccc1C(=O)O.CON(C)C(=O)c1ccccc1NC(=O)OC(C)(C)C. The molecule has 0 aliphatic heterocycles. The van der Waals surface area contributed by atoms with E-state index in [1.165, 1.54) is 26.3 Å². The van der Waals surface area contributed by atoms with Gasteiger partial charge in [-0.15, -0.1) is 0 Å². The largest absolute Gasteiger partial charge is 0.478 e. The van der Waals surface area contributed by atoms with Crippen LogP contribution in [0.5, 0.6) is 0 Å². The maximum atomic E-state index is 12.1. The van der Waals surface area contributed by atoms with Crippen molar-refractivity contribution in [1.29, 1.82) is 0 Å². The van der Waals surface area contributed by atoms with E-state index < -0.39 is 29.4 Å². The summed E-state index contributed by atoms with van der Waals surface area (Å²) in [4.78, 5) is 51.0. The van der Waals surface area contributed by atoms with Crippen molar-refractivity contribution < 1.29 is 38.6 Å². The third kappa shape index (κ3) is 11.4. The minimum atomic E-state index is -1.10. The van der Waals surface area contributed by atoms with Crippen LogP contribution >= 0.6 is 0 Å². The summed E-state index contributed by atoms with van der Waals surface area (Å²) in [6.45, 7) is 10.5. The van der Waals surface area contributed by atoms with Crippen LogP contribution in [-0.4, -0.2) is 59.6 Å². The number of para-hydroxylation sites is 2. The van der Waals surface area contributed by atoms with Crippen molar-refractivity contribution >= 4 is 35.4 Å². The highest BCUT2D eigenvalue weighted by molar-refractivity contribution is 6.02. The molecular formula is C26H35N3O8. The molecule has 0 spiro atoms. The fourth-order valence-corrected chi connectivity index (χ4v) is 2.64. The lowest BCUT2D eigenvalue weighted by Gasteiger charge is -2.21. The van der Waals surface area contributed by atoms with Gasteiger partial charge in [0.05, 0.1) is 29.6 Å². The number of carboxylic acids is 1. The maximum Gasteiger partial charge on any atom is 0.412 e. The second kappa shape index (κ2) is 13.3. The first-order valence-corrected chi connectivity index (χ1v) is 11.3. The Bertz CT molecular complexity index is 1100. The molecule has 0 aliphatic rings. The van der Waals surface area contributed by atoms with Crippen molar-refractivity contribution in [1.82, 2.24) is 5.06 Å². The summed E-state index contributed by atoms with van der Waals surface area (Å²) in [6, 6.07) is 12.8. The number of aromatic carboxylic acids is 1. The van der Waals surface area contributed by atoms with Crippen LogP contribution < -0.4 is 10.6 Å². The predicted octanol–water partition coefficient (Wildman–Crippen LogP) is 5.40. The number of carboxylic acid groups (broad SMARTS) is 1. The number of amides is 3. The summed E-state index contributed by atoms with van der Waals surface area (Å²) in [5, 5.41) is 15.0. The fourth-order valence-electron chi connectivity index (χ4n) is 2.64. The molecule has 11 nitrogen and oxygen atoms in total. The molecule has 0 radical (unpaired) electrons. The summed E-state index contributed by atoms with van der Waals surface area (Å²) in [6.07, 6.45) is -1.29. The third-order valence-corrected chi connectivity index (χ3v) is 4.15. The number of benzene rings is 2. The number of anilines is 2. The lowest BCUT2D eigenvalue weighted by atomic mass is 10.1. The van der Waals surface area contributed by atoms with Gasteiger partial charge in [-0.25, -0.2) is 19.4 Å². The van der Waals surface area contributed by atoms with Gasteiger partial charge < -0.3 is 14.6 Å². The lowest BCUT2D eigenvalue weighted by molar-refractivity contribution is -0.0756. The molecule has 0 aliphatic carbocycles. The first-order valence-electron chi connectivity index (χ1n) is 11.3. The average Bonchev–Trinajstić information content (AvgIpc) is 2.76. The summed E-state index contributed by atoms with van der Waals surface area (Å²) < 4.78 is 10.2. The molecule has 0 saturated heterocycles. The van der Waals surface area contributed by atoms with E-state index in [0.29, 0.717) is 11.3 Å². The average molecular weight is 518 g/mol. The quantitative estimate of drug-likeness (QED) is 0.447. The Kier molecular flexibility index (Phi) is 11.1. The highest BCUT2D eigenvalue weighted by atomic mass is 16.7. The Hall–Kier alpha value is -4.12. The molecule has 37 heavy (non-hydrogen) atoms. The van der Waals surface area contributed by atoms with Gasteiger partial charge in [0.15, 0.2) is 0 Å². The number of ether oxygens (including phenoxy) is 2. The molecule has 2 rings (SSSR count). The number of carbonyl (C=O) groups is 4. The van der Waals surface area contributed by atoms with Gasteiger partial charge in [0.2, 0.25) is 0 Å². The van der Waals surface area contributed by atoms with Crippen molar-refractivity contribution in [2.24, 2.45) is 0 Å². The van der Waals surface area contributed by atoms with Crippen LogP contribution in [0.2, 0.25) is 0 Å². The Morgan fingerprint density at radius 2 is 1.11 bits per heavy atom. The molecule has 2 aromatic carbocycles. The van der Waals surface area contributed by atoms with E-state index in [2.05, 4.69) is 10.6 Å². The molecule has 0 saturated carbocycles. The van der Waals surface area contributed by atoms with Crippen molar-refractivity contribution in [3.8, 4) is 0 Å². The fraction of sp³-hybridized carbons (Fsp3) is 0.385. The first-order chi connectivity index (χ1) is 17.0. The molecule has 0 atom stereocenters. The number of hydrogen-bond donors (Lipinski definition) is 3. The molecule has 0 heterocycles. The number of carbonyl (C=O) groups excluding carboxylic acids is 3. The molecule has 11 heteroatoms. The van der Waals surface area contributed by atoms with Crippen molar-refractivity contribution in [2.75, 3.05) is 24.8 Å². The second-order valence-corrected chi connectivity index (χ2v) is 9.64. The van der Waals surface area contributed by atoms with Crippen molar-refractivity contribution in [3.63, 3.8) is 0 Å². The van der Waals surface area contributed by atoms with Crippen LogP contribution in [0.15, 0.2) is 48.5 Å². The minimum absolute atomic E-state index is 0.0263. The van der Waals surface area contributed by atoms with Gasteiger partial charge in [0.1, 0.15) is 11.2 Å². The second-order valence-electron chi connectivity index (χ2n) is 9.64. The molecule has 0 unspecified atom stereocenters. The summed E-state index contributed by atoms with van der Waals surface area (Å²) in [5.41, 5.74) is -0.291.